The predicted molar refractivity (Wildman–Crippen MR) is 170 cm³/mol. The number of piperidine rings is 1. The molecule has 1 N–H and O–H groups in total. The first-order valence-corrected chi connectivity index (χ1v) is 15.7. The fraction of sp³-hybridized carbons (Fsp3) is 0.469. The average molecular weight is 612 g/mol. The lowest BCUT2D eigenvalue weighted by Crippen LogP contribution is -2.46. The standard InChI is InChI=1S/C32H40Cl2N6O2/c1-3-8-38-11-13-40(14-12-38)31-5-4-29(21-36-31)42-32-16-25(15-30(37-32)26-17-27(33)19-28(34)18-26)22-39-9-6-24(7-10-39)20-35-23(2)41/h4-5,15-19,21,24H,3,6-14,20,22H2,1-2H3,(H,35,41). The van der Waals surface area contributed by atoms with Gasteiger partial charge in [-0.2, -0.15) is 0 Å². The summed E-state index contributed by atoms with van der Waals surface area (Å²) in [7, 11) is 0. The van der Waals surface area contributed by atoms with Crippen LogP contribution in [0.25, 0.3) is 11.3 Å². The van der Waals surface area contributed by atoms with Crippen LogP contribution in [-0.4, -0.2) is 78.0 Å². The van der Waals surface area contributed by atoms with Crippen molar-refractivity contribution in [1.29, 1.82) is 0 Å². The lowest BCUT2D eigenvalue weighted by Gasteiger charge is -2.35. The maximum atomic E-state index is 11.3. The van der Waals surface area contributed by atoms with Crippen LogP contribution in [-0.2, 0) is 11.3 Å². The van der Waals surface area contributed by atoms with Crippen molar-refractivity contribution >= 4 is 34.9 Å². The van der Waals surface area contributed by atoms with E-state index in [2.05, 4.69) is 33.0 Å². The van der Waals surface area contributed by atoms with Crippen molar-refractivity contribution in [1.82, 2.24) is 25.1 Å². The number of likely N-dealkylation sites (tertiary alicyclic amines) is 1. The van der Waals surface area contributed by atoms with Gasteiger partial charge in [0.05, 0.1) is 11.9 Å². The van der Waals surface area contributed by atoms with Crippen molar-refractivity contribution in [3.63, 3.8) is 0 Å². The highest BCUT2D eigenvalue weighted by Crippen LogP contribution is 2.31. The second kappa shape index (κ2) is 14.5. The lowest BCUT2D eigenvalue weighted by atomic mass is 9.96. The molecule has 2 aliphatic rings. The molecule has 0 spiro atoms. The fourth-order valence-electron chi connectivity index (χ4n) is 5.70. The van der Waals surface area contributed by atoms with Crippen LogP contribution in [0.1, 0.15) is 38.7 Å². The van der Waals surface area contributed by atoms with E-state index >= 15 is 0 Å². The number of ether oxygens (including phenoxy) is 1. The summed E-state index contributed by atoms with van der Waals surface area (Å²) in [6, 6.07) is 13.5. The number of anilines is 1. The second-order valence-corrected chi connectivity index (χ2v) is 12.2. The third-order valence-electron chi connectivity index (χ3n) is 7.95. The molecule has 224 valence electrons. The molecule has 0 bridgehead atoms. The summed E-state index contributed by atoms with van der Waals surface area (Å²) in [4.78, 5) is 28.1. The van der Waals surface area contributed by atoms with Gasteiger partial charge in [-0.1, -0.05) is 30.1 Å². The number of pyridine rings is 2. The van der Waals surface area contributed by atoms with E-state index in [9.17, 15) is 4.79 Å². The van der Waals surface area contributed by atoms with Crippen molar-refractivity contribution in [2.24, 2.45) is 5.92 Å². The van der Waals surface area contributed by atoms with Gasteiger partial charge in [-0.3, -0.25) is 14.6 Å². The molecule has 0 atom stereocenters. The van der Waals surface area contributed by atoms with Crippen LogP contribution in [0.15, 0.2) is 48.7 Å². The first-order chi connectivity index (χ1) is 20.3. The van der Waals surface area contributed by atoms with E-state index in [0.717, 1.165) is 94.4 Å². The molecule has 2 saturated heterocycles. The molecule has 10 heteroatoms. The van der Waals surface area contributed by atoms with Crippen LogP contribution >= 0.6 is 23.2 Å². The van der Waals surface area contributed by atoms with Crippen molar-refractivity contribution in [3.8, 4) is 22.9 Å². The van der Waals surface area contributed by atoms with Crippen LogP contribution in [0.3, 0.4) is 0 Å². The molecule has 0 unspecified atom stereocenters. The molecule has 2 aromatic heterocycles. The van der Waals surface area contributed by atoms with Gasteiger partial charge in [-0.05, 0) is 86.8 Å². The van der Waals surface area contributed by atoms with Gasteiger partial charge in [0, 0.05) is 67.9 Å². The summed E-state index contributed by atoms with van der Waals surface area (Å²) in [5.41, 5.74) is 2.69. The van der Waals surface area contributed by atoms with Gasteiger partial charge >= 0.3 is 0 Å². The molecule has 0 saturated carbocycles. The normalized spacial score (nSPS) is 16.9. The minimum atomic E-state index is 0.0328. The Balaban J connectivity index is 1.30. The highest BCUT2D eigenvalue weighted by molar-refractivity contribution is 6.35. The number of rotatable bonds is 10. The molecule has 42 heavy (non-hydrogen) atoms. The van der Waals surface area contributed by atoms with Gasteiger partial charge in [0.1, 0.15) is 11.6 Å². The highest BCUT2D eigenvalue weighted by Gasteiger charge is 2.21. The summed E-state index contributed by atoms with van der Waals surface area (Å²) in [5.74, 6) is 2.66. The van der Waals surface area contributed by atoms with Gasteiger partial charge in [0.15, 0.2) is 0 Å². The Hall–Kier alpha value is -2.91. The number of carbonyl (C=O) groups excluding carboxylic acids is 1. The minimum Gasteiger partial charge on any atom is -0.437 e. The predicted octanol–water partition coefficient (Wildman–Crippen LogP) is 6.12. The highest BCUT2D eigenvalue weighted by atomic mass is 35.5. The van der Waals surface area contributed by atoms with Crippen LogP contribution < -0.4 is 15.0 Å². The van der Waals surface area contributed by atoms with Crippen molar-refractivity contribution in [2.75, 3.05) is 57.3 Å². The Morgan fingerprint density at radius 1 is 0.976 bits per heavy atom. The van der Waals surface area contributed by atoms with E-state index < -0.39 is 0 Å². The van der Waals surface area contributed by atoms with Crippen LogP contribution in [0, 0.1) is 5.92 Å². The van der Waals surface area contributed by atoms with Crippen molar-refractivity contribution < 1.29 is 9.53 Å². The summed E-state index contributed by atoms with van der Waals surface area (Å²) >= 11 is 12.7. The number of aromatic nitrogens is 2. The van der Waals surface area contributed by atoms with E-state index in [-0.39, 0.29) is 5.91 Å². The number of halogens is 2. The van der Waals surface area contributed by atoms with Gasteiger partial charge in [0.25, 0.3) is 0 Å². The van der Waals surface area contributed by atoms with Crippen molar-refractivity contribution in [2.45, 2.75) is 39.7 Å². The molecule has 0 aliphatic carbocycles. The topological polar surface area (TPSA) is 73.8 Å². The zero-order valence-electron chi connectivity index (χ0n) is 24.5. The van der Waals surface area contributed by atoms with Gasteiger partial charge in [-0.25, -0.2) is 9.97 Å². The number of hydrogen-bond donors (Lipinski definition) is 1. The third-order valence-corrected chi connectivity index (χ3v) is 8.39. The molecule has 4 heterocycles. The molecule has 1 aromatic carbocycles. The Morgan fingerprint density at radius 3 is 2.36 bits per heavy atom. The number of carbonyl (C=O) groups is 1. The zero-order valence-corrected chi connectivity index (χ0v) is 26.0. The molecule has 3 aromatic rings. The third kappa shape index (κ3) is 8.57. The van der Waals surface area contributed by atoms with Gasteiger partial charge < -0.3 is 15.0 Å². The lowest BCUT2D eigenvalue weighted by molar-refractivity contribution is -0.119. The quantitative estimate of drug-likeness (QED) is 0.296. The van der Waals surface area contributed by atoms with E-state index in [1.165, 1.54) is 6.42 Å². The van der Waals surface area contributed by atoms with Crippen LogP contribution in [0.4, 0.5) is 5.82 Å². The number of benzene rings is 1. The number of nitrogens with one attached hydrogen (secondary N) is 1. The molecule has 8 nitrogen and oxygen atoms in total. The number of piperazine rings is 1. The number of amides is 1. The molecular formula is C32H40Cl2N6O2. The van der Waals surface area contributed by atoms with Crippen molar-refractivity contribution in [3.05, 3.63) is 64.3 Å². The van der Waals surface area contributed by atoms with E-state index in [1.807, 2.05) is 30.3 Å². The molecule has 1 amide bonds. The first kappa shape index (κ1) is 30.5. The molecular weight excluding hydrogens is 571 g/mol. The molecule has 2 fully saturated rings. The smallest absolute Gasteiger partial charge is 0.220 e. The Morgan fingerprint density at radius 2 is 1.71 bits per heavy atom. The largest absolute Gasteiger partial charge is 0.437 e. The summed E-state index contributed by atoms with van der Waals surface area (Å²) in [5, 5.41) is 4.08. The SMILES string of the molecule is CCCN1CCN(c2ccc(Oc3cc(CN4CCC(CNC(C)=O)CC4)cc(-c4cc(Cl)cc(Cl)c4)n3)cn2)CC1. The zero-order chi connectivity index (χ0) is 29.5. The maximum Gasteiger partial charge on any atom is 0.220 e. The van der Waals surface area contributed by atoms with E-state index in [4.69, 9.17) is 37.9 Å². The Kier molecular flexibility index (Phi) is 10.6. The van der Waals surface area contributed by atoms with Gasteiger partial charge in [-0.15, -0.1) is 0 Å². The average Bonchev–Trinajstić information content (AvgIpc) is 2.97. The molecule has 2 aliphatic heterocycles. The Labute approximate surface area is 259 Å². The second-order valence-electron chi connectivity index (χ2n) is 11.3. The molecule has 0 radical (unpaired) electrons. The van der Waals surface area contributed by atoms with Gasteiger partial charge in [0.2, 0.25) is 11.8 Å². The minimum absolute atomic E-state index is 0.0328. The number of nitrogens with zero attached hydrogens (tertiary/aromatic N) is 5. The van der Waals surface area contributed by atoms with Crippen LogP contribution in [0.2, 0.25) is 10.0 Å². The maximum absolute atomic E-state index is 11.3. The molecule has 5 rings (SSSR count). The van der Waals surface area contributed by atoms with Crippen LogP contribution in [0.5, 0.6) is 11.6 Å². The summed E-state index contributed by atoms with van der Waals surface area (Å²) in [6.45, 7) is 12.5. The monoisotopic (exact) mass is 610 g/mol. The first-order valence-electron chi connectivity index (χ1n) is 14.9. The Bertz CT molecular complexity index is 1320. The van der Waals surface area contributed by atoms with E-state index in [1.54, 1.807) is 19.2 Å². The number of hydrogen-bond acceptors (Lipinski definition) is 7. The fourth-order valence-corrected chi connectivity index (χ4v) is 6.23. The summed E-state index contributed by atoms with van der Waals surface area (Å²) in [6.07, 6.45) is 5.07. The van der Waals surface area contributed by atoms with E-state index in [0.29, 0.717) is 27.6 Å². The summed E-state index contributed by atoms with van der Waals surface area (Å²) < 4.78 is 6.27.